The smallest absolute Gasteiger partial charge is 0.312 e. The Bertz CT molecular complexity index is 347. The van der Waals surface area contributed by atoms with Gasteiger partial charge in [-0.15, -0.1) is 0 Å². The van der Waals surface area contributed by atoms with Gasteiger partial charge in [0.05, 0.1) is 18.9 Å². The van der Waals surface area contributed by atoms with Gasteiger partial charge in [-0.1, -0.05) is 0 Å². The average Bonchev–Trinajstić information content (AvgIpc) is 2.85. The lowest BCUT2D eigenvalue weighted by Gasteiger charge is -2.21. The number of esters is 1. The van der Waals surface area contributed by atoms with Gasteiger partial charge in [0.25, 0.3) is 0 Å². The number of ether oxygens (including phenoxy) is 1. The molecule has 0 aliphatic rings. The van der Waals surface area contributed by atoms with Crippen LogP contribution in [0, 0.1) is 5.41 Å². The van der Waals surface area contributed by atoms with Crippen molar-refractivity contribution in [3.8, 4) is 0 Å². The normalized spacial score (nSPS) is 11.5. The van der Waals surface area contributed by atoms with Crippen LogP contribution in [-0.2, 0) is 16.1 Å². The lowest BCUT2D eigenvalue weighted by molar-refractivity contribution is -0.150. The predicted molar refractivity (Wildman–Crippen MR) is 70.1 cm³/mol. The van der Waals surface area contributed by atoms with E-state index in [2.05, 4.69) is 14.9 Å². The second-order valence-corrected chi connectivity index (χ2v) is 5.06. The minimum Gasteiger partial charge on any atom is -0.469 e. The molecule has 18 heavy (non-hydrogen) atoms. The summed E-state index contributed by atoms with van der Waals surface area (Å²) in [5.74, 6) is -0.173. The number of imidazole rings is 1. The van der Waals surface area contributed by atoms with E-state index < -0.39 is 5.41 Å². The van der Waals surface area contributed by atoms with Crippen LogP contribution < -0.4 is 5.32 Å². The first kappa shape index (κ1) is 14.7. The SMILES string of the molecule is COC(=O)C(C)(C)CNCCCCn1ccnc1. The summed E-state index contributed by atoms with van der Waals surface area (Å²) in [5, 5.41) is 3.30. The van der Waals surface area contributed by atoms with Gasteiger partial charge >= 0.3 is 5.97 Å². The van der Waals surface area contributed by atoms with Gasteiger partial charge in [0, 0.05) is 25.5 Å². The molecule has 0 spiro atoms. The standard InChI is InChI=1S/C13H23N3O2/c1-13(2,12(17)18-3)10-14-6-4-5-8-16-9-7-15-11-16/h7,9,11,14H,4-6,8,10H2,1-3H3. The second-order valence-electron chi connectivity index (χ2n) is 5.06. The molecule has 0 aromatic carbocycles. The molecule has 1 N–H and O–H groups in total. The fourth-order valence-electron chi connectivity index (χ4n) is 1.71. The Labute approximate surface area is 109 Å². The molecular weight excluding hydrogens is 230 g/mol. The topological polar surface area (TPSA) is 56.1 Å². The van der Waals surface area contributed by atoms with Crippen LogP contribution in [-0.4, -0.2) is 35.7 Å². The minimum atomic E-state index is -0.459. The average molecular weight is 253 g/mol. The molecule has 0 atom stereocenters. The number of hydrogen-bond donors (Lipinski definition) is 1. The first-order chi connectivity index (χ1) is 8.56. The van der Waals surface area contributed by atoms with Crippen LogP contribution in [0.25, 0.3) is 0 Å². The molecular formula is C13H23N3O2. The van der Waals surface area contributed by atoms with Crippen LogP contribution in [0.5, 0.6) is 0 Å². The van der Waals surface area contributed by atoms with Gasteiger partial charge in [0.15, 0.2) is 0 Å². The van der Waals surface area contributed by atoms with Gasteiger partial charge < -0.3 is 14.6 Å². The number of carbonyl (C=O) groups excluding carboxylic acids is 1. The highest BCUT2D eigenvalue weighted by Crippen LogP contribution is 2.15. The van der Waals surface area contributed by atoms with E-state index in [1.165, 1.54) is 7.11 Å². The lowest BCUT2D eigenvalue weighted by Crippen LogP contribution is -2.37. The van der Waals surface area contributed by atoms with Crippen molar-refractivity contribution in [3.63, 3.8) is 0 Å². The molecule has 5 nitrogen and oxygen atoms in total. The van der Waals surface area contributed by atoms with E-state index in [1.807, 2.05) is 26.4 Å². The van der Waals surface area contributed by atoms with Crippen LogP contribution in [0.3, 0.4) is 0 Å². The van der Waals surface area contributed by atoms with Gasteiger partial charge in [-0.25, -0.2) is 4.98 Å². The van der Waals surface area contributed by atoms with Gasteiger partial charge in [0.1, 0.15) is 0 Å². The van der Waals surface area contributed by atoms with E-state index >= 15 is 0 Å². The third-order valence-corrected chi connectivity index (χ3v) is 2.88. The Morgan fingerprint density at radius 2 is 2.22 bits per heavy atom. The first-order valence-electron chi connectivity index (χ1n) is 6.31. The number of carbonyl (C=O) groups is 1. The van der Waals surface area contributed by atoms with Crippen LogP contribution in [0.2, 0.25) is 0 Å². The van der Waals surface area contributed by atoms with Crippen molar-refractivity contribution in [2.45, 2.75) is 33.2 Å². The number of aryl methyl sites for hydroxylation is 1. The van der Waals surface area contributed by atoms with E-state index in [9.17, 15) is 4.79 Å². The Morgan fingerprint density at radius 1 is 1.44 bits per heavy atom. The molecule has 0 unspecified atom stereocenters. The molecule has 0 amide bonds. The first-order valence-corrected chi connectivity index (χ1v) is 6.31. The van der Waals surface area contributed by atoms with Crippen LogP contribution in [0.4, 0.5) is 0 Å². The van der Waals surface area contributed by atoms with Crippen molar-refractivity contribution in [1.29, 1.82) is 0 Å². The second kappa shape index (κ2) is 7.16. The maximum Gasteiger partial charge on any atom is 0.312 e. The van der Waals surface area contributed by atoms with E-state index in [-0.39, 0.29) is 5.97 Å². The molecule has 102 valence electrons. The molecule has 0 fully saturated rings. The Morgan fingerprint density at radius 3 is 2.83 bits per heavy atom. The van der Waals surface area contributed by atoms with Crippen molar-refractivity contribution in [3.05, 3.63) is 18.7 Å². The van der Waals surface area contributed by atoms with Gasteiger partial charge in [-0.2, -0.15) is 0 Å². The number of aromatic nitrogens is 2. The fraction of sp³-hybridized carbons (Fsp3) is 0.692. The van der Waals surface area contributed by atoms with Gasteiger partial charge in [-0.3, -0.25) is 4.79 Å². The highest BCUT2D eigenvalue weighted by molar-refractivity contribution is 5.76. The molecule has 5 heteroatoms. The molecule has 0 aliphatic carbocycles. The Kier molecular flexibility index (Phi) is 5.85. The third-order valence-electron chi connectivity index (χ3n) is 2.88. The highest BCUT2D eigenvalue weighted by atomic mass is 16.5. The van der Waals surface area contributed by atoms with E-state index in [1.54, 1.807) is 6.20 Å². The van der Waals surface area contributed by atoms with Crippen LogP contribution in [0.15, 0.2) is 18.7 Å². The summed E-state index contributed by atoms with van der Waals surface area (Å²) in [6.07, 6.45) is 7.76. The predicted octanol–water partition coefficient (Wildman–Crippen LogP) is 1.45. The summed E-state index contributed by atoms with van der Waals surface area (Å²) < 4.78 is 6.82. The van der Waals surface area contributed by atoms with Gasteiger partial charge in [0.2, 0.25) is 0 Å². The molecule has 0 saturated carbocycles. The van der Waals surface area contributed by atoms with Crippen LogP contribution >= 0.6 is 0 Å². The molecule has 0 saturated heterocycles. The largest absolute Gasteiger partial charge is 0.469 e. The third kappa shape index (κ3) is 4.87. The Balaban J connectivity index is 2.06. The van der Waals surface area contributed by atoms with Crippen molar-refractivity contribution in [2.75, 3.05) is 20.2 Å². The monoisotopic (exact) mass is 253 g/mol. The van der Waals surface area contributed by atoms with Crippen LogP contribution in [0.1, 0.15) is 26.7 Å². The molecule has 1 heterocycles. The number of methoxy groups -OCH3 is 1. The zero-order valence-electron chi connectivity index (χ0n) is 11.5. The maximum absolute atomic E-state index is 11.4. The molecule has 1 aromatic heterocycles. The summed E-state index contributed by atoms with van der Waals surface area (Å²) in [4.78, 5) is 15.4. The number of rotatable bonds is 8. The molecule has 0 aliphatic heterocycles. The zero-order valence-corrected chi connectivity index (χ0v) is 11.5. The van der Waals surface area contributed by atoms with Crippen molar-refractivity contribution < 1.29 is 9.53 Å². The molecule has 1 rings (SSSR count). The minimum absolute atomic E-state index is 0.173. The maximum atomic E-state index is 11.4. The molecule has 0 bridgehead atoms. The fourth-order valence-corrected chi connectivity index (χ4v) is 1.71. The highest BCUT2D eigenvalue weighted by Gasteiger charge is 2.27. The molecule has 1 aromatic rings. The van der Waals surface area contributed by atoms with E-state index in [0.29, 0.717) is 6.54 Å². The summed E-state index contributed by atoms with van der Waals surface area (Å²) >= 11 is 0. The zero-order chi connectivity index (χ0) is 13.4. The number of nitrogens with zero attached hydrogens (tertiary/aromatic N) is 2. The van der Waals surface area contributed by atoms with E-state index in [4.69, 9.17) is 4.74 Å². The van der Waals surface area contributed by atoms with Crippen molar-refractivity contribution in [1.82, 2.24) is 14.9 Å². The summed E-state index contributed by atoms with van der Waals surface area (Å²) in [6.45, 7) is 6.32. The Hall–Kier alpha value is -1.36. The number of nitrogens with one attached hydrogen (secondary N) is 1. The number of unbranched alkanes of at least 4 members (excludes halogenated alkanes) is 1. The summed E-state index contributed by atoms with van der Waals surface area (Å²) in [5.41, 5.74) is -0.459. The number of hydrogen-bond acceptors (Lipinski definition) is 4. The quantitative estimate of drug-likeness (QED) is 0.563. The molecule has 0 radical (unpaired) electrons. The summed E-state index contributed by atoms with van der Waals surface area (Å²) in [7, 11) is 1.43. The van der Waals surface area contributed by atoms with Crippen molar-refractivity contribution in [2.24, 2.45) is 5.41 Å². The lowest BCUT2D eigenvalue weighted by atomic mass is 9.94. The van der Waals surface area contributed by atoms with Gasteiger partial charge in [-0.05, 0) is 33.2 Å². The van der Waals surface area contributed by atoms with Crippen molar-refractivity contribution >= 4 is 5.97 Å². The van der Waals surface area contributed by atoms with E-state index in [0.717, 1.165) is 25.9 Å². The summed E-state index contributed by atoms with van der Waals surface area (Å²) in [6, 6.07) is 0.